The summed E-state index contributed by atoms with van der Waals surface area (Å²) in [6, 6.07) is 0. The van der Waals surface area contributed by atoms with E-state index < -0.39 is 0 Å². The van der Waals surface area contributed by atoms with Gasteiger partial charge in [-0.2, -0.15) is 15.0 Å². The van der Waals surface area contributed by atoms with Crippen LogP contribution >= 0.6 is 0 Å². The summed E-state index contributed by atoms with van der Waals surface area (Å²) in [5, 5.41) is 7.81. The molecule has 0 atom stereocenters. The standard InChI is InChI=1S/C8H8N4O2/c1-6(13)8-11-7(5-14-8)4-12-9-2-3-10-12/h2-3,5H,4H2,1H3. The van der Waals surface area contributed by atoms with Crippen LogP contribution in [-0.2, 0) is 6.54 Å². The molecule has 0 aromatic carbocycles. The lowest BCUT2D eigenvalue weighted by Gasteiger charge is -1.92. The molecule has 0 N–H and O–H groups in total. The topological polar surface area (TPSA) is 73.8 Å². The van der Waals surface area contributed by atoms with Crippen LogP contribution in [0.2, 0.25) is 0 Å². The van der Waals surface area contributed by atoms with Crippen LogP contribution in [0.5, 0.6) is 0 Å². The van der Waals surface area contributed by atoms with E-state index in [1.54, 1.807) is 12.4 Å². The molecule has 0 saturated carbocycles. The number of aromatic nitrogens is 4. The average Bonchev–Trinajstić information content (AvgIpc) is 2.75. The summed E-state index contributed by atoms with van der Waals surface area (Å²) in [7, 11) is 0. The third-order valence-corrected chi connectivity index (χ3v) is 1.62. The summed E-state index contributed by atoms with van der Waals surface area (Å²) in [6.45, 7) is 1.81. The molecule has 0 radical (unpaired) electrons. The fourth-order valence-corrected chi connectivity index (χ4v) is 1.01. The van der Waals surface area contributed by atoms with Crippen molar-refractivity contribution in [2.75, 3.05) is 0 Å². The number of hydrogen-bond donors (Lipinski definition) is 0. The molecule has 2 aromatic rings. The average molecular weight is 192 g/mol. The highest BCUT2D eigenvalue weighted by atomic mass is 16.3. The van der Waals surface area contributed by atoms with Gasteiger partial charge in [0, 0.05) is 6.92 Å². The molecule has 6 heteroatoms. The molecule has 72 valence electrons. The molecule has 0 aliphatic rings. The van der Waals surface area contributed by atoms with Crippen molar-refractivity contribution in [3.8, 4) is 0 Å². The molecule has 0 bridgehead atoms. The second kappa shape index (κ2) is 3.41. The fraction of sp³-hybridized carbons (Fsp3) is 0.250. The number of carbonyl (C=O) groups excluding carboxylic acids is 1. The van der Waals surface area contributed by atoms with Crippen LogP contribution in [0.1, 0.15) is 23.3 Å². The van der Waals surface area contributed by atoms with Gasteiger partial charge in [0.1, 0.15) is 18.5 Å². The number of ketones is 1. The predicted octanol–water partition coefficient (Wildman–Crippen LogP) is 0.517. The molecular weight excluding hydrogens is 184 g/mol. The third kappa shape index (κ3) is 1.68. The van der Waals surface area contributed by atoms with Crippen LogP contribution in [0.4, 0.5) is 0 Å². The van der Waals surface area contributed by atoms with E-state index in [9.17, 15) is 4.79 Å². The van der Waals surface area contributed by atoms with E-state index in [0.717, 1.165) is 0 Å². The van der Waals surface area contributed by atoms with Crippen molar-refractivity contribution in [2.45, 2.75) is 13.5 Å². The van der Waals surface area contributed by atoms with E-state index in [-0.39, 0.29) is 11.7 Å². The zero-order chi connectivity index (χ0) is 9.97. The summed E-state index contributed by atoms with van der Waals surface area (Å²) < 4.78 is 4.95. The molecule has 0 spiro atoms. The first-order chi connectivity index (χ1) is 6.75. The number of oxazole rings is 1. The van der Waals surface area contributed by atoms with Crippen molar-refractivity contribution in [2.24, 2.45) is 0 Å². The molecule has 0 amide bonds. The highest BCUT2D eigenvalue weighted by Crippen LogP contribution is 2.03. The lowest BCUT2D eigenvalue weighted by Crippen LogP contribution is -2.04. The monoisotopic (exact) mass is 192 g/mol. The zero-order valence-electron chi connectivity index (χ0n) is 7.54. The van der Waals surface area contributed by atoms with Crippen LogP contribution < -0.4 is 0 Å². The van der Waals surface area contributed by atoms with Crippen molar-refractivity contribution in [3.63, 3.8) is 0 Å². The zero-order valence-corrected chi connectivity index (χ0v) is 7.54. The van der Waals surface area contributed by atoms with E-state index in [0.29, 0.717) is 12.2 Å². The minimum atomic E-state index is -0.190. The summed E-state index contributed by atoms with van der Waals surface area (Å²) >= 11 is 0. The van der Waals surface area contributed by atoms with Gasteiger partial charge in [0.25, 0.3) is 5.89 Å². The first-order valence-electron chi connectivity index (χ1n) is 4.05. The second-order valence-electron chi connectivity index (χ2n) is 2.76. The van der Waals surface area contributed by atoms with Gasteiger partial charge in [-0.1, -0.05) is 0 Å². The lowest BCUT2D eigenvalue weighted by atomic mass is 10.4. The largest absolute Gasteiger partial charge is 0.442 e. The van der Waals surface area contributed by atoms with Gasteiger partial charge < -0.3 is 4.42 Å². The van der Waals surface area contributed by atoms with Gasteiger partial charge in [0.15, 0.2) is 0 Å². The summed E-state index contributed by atoms with van der Waals surface area (Å²) in [4.78, 5) is 16.3. The molecule has 0 fully saturated rings. The molecule has 2 heterocycles. The maximum Gasteiger partial charge on any atom is 0.263 e. The Labute approximate surface area is 79.6 Å². The van der Waals surface area contributed by atoms with Crippen LogP contribution in [0.3, 0.4) is 0 Å². The first kappa shape index (κ1) is 8.61. The highest BCUT2D eigenvalue weighted by Gasteiger charge is 2.08. The molecule has 0 unspecified atom stereocenters. The van der Waals surface area contributed by atoms with Crippen LogP contribution in [0.25, 0.3) is 0 Å². The molecule has 14 heavy (non-hydrogen) atoms. The molecule has 6 nitrogen and oxygen atoms in total. The van der Waals surface area contributed by atoms with Crippen LogP contribution in [0, 0.1) is 0 Å². The first-order valence-corrected chi connectivity index (χ1v) is 4.05. The SMILES string of the molecule is CC(=O)c1nc(Cn2nccn2)co1. The highest BCUT2D eigenvalue weighted by molar-refractivity contribution is 5.89. The molecule has 0 aliphatic carbocycles. The van der Waals surface area contributed by atoms with Crippen molar-refractivity contribution in [1.29, 1.82) is 0 Å². The number of rotatable bonds is 3. The van der Waals surface area contributed by atoms with Crippen molar-refractivity contribution in [1.82, 2.24) is 20.0 Å². The van der Waals surface area contributed by atoms with Gasteiger partial charge in [-0.15, -0.1) is 0 Å². The maximum atomic E-state index is 10.9. The summed E-state index contributed by atoms with van der Waals surface area (Å²) in [5.41, 5.74) is 0.631. The van der Waals surface area contributed by atoms with Crippen molar-refractivity contribution >= 4 is 5.78 Å². The number of nitrogens with zero attached hydrogens (tertiary/aromatic N) is 4. The van der Waals surface area contributed by atoms with Gasteiger partial charge in [0.2, 0.25) is 5.78 Å². The number of hydrogen-bond acceptors (Lipinski definition) is 5. The molecule has 2 rings (SSSR count). The molecule has 2 aromatic heterocycles. The smallest absolute Gasteiger partial charge is 0.263 e. The minimum Gasteiger partial charge on any atom is -0.442 e. The third-order valence-electron chi connectivity index (χ3n) is 1.62. The van der Waals surface area contributed by atoms with E-state index in [1.807, 2.05) is 0 Å². The van der Waals surface area contributed by atoms with E-state index in [1.165, 1.54) is 18.0 Å². The summed E-state index contributed by atoms with van der Waals surface area (Å²) in [6.07, 6.45) is 4.58. The van der Waals surface area contributed by atoms with Gasteiger partial charge in [0.05, 0.1) is 12.4 Å². The second-order valence-corrected chi connectivity index (χ2v) is 2.76. The normalized spacial score (nSPS) is 10.4. The number of carbonyl (C=O) groups is 1. The van der Waals surface area contributed by atoms with E-state index in [2.05, 4.69) is 15.2 Å². The van der Waals surface area contributed by atoms with Crippen molar-refractivity contribution in [3.05, 3.63) is 30.2 Å². The van der Waals surface area contributed by atoms with Crippen LogP contribution in [-0.4, -0.2) is 25.8 Å². The summed E-state index contributed by atoms with van der Waals surface area (Å²) in [5.74, 6) is -0.0724. The Hall–Kier alpha value is -1.98. The Kier molecular flexibility index (Phi) is 2.10. The maximum absolute atomic E-state index is 10.9. The van der Waals surface area contributed by atoms with E-state index >= 15 is 0 Å². The van der Waals surface area contributed by atoms with Gasteiger partial charge in [-0.05, 0) is 0 Å². The van der Waals surface area contributed by atoms with Crippen LogP contribution in [0.15, 0.2) is 23.1 Å². The number of Topliss-reactive ketones (excluding diaryl/α,β-unsaturated/α-hetero) is 1. The Morgan fingerprint density at radius 3 is 2.79 bits per heavy atom. The molecule has 0 saturated heterocycles. The van der Waals surface area contributed by atoms with Gasteiger partial charge in [-0.3, -0.25) is 4.79 Å². The quantitative estimate of drug-likeness (QED) is 0.662. The van der Waals surface area contributed by atoms with Gasteiger partial charge >= 0.3 is 0 Å². The Morgan fingerprint density at radius 2 is 2.21 bits per heavy atom. The Morgan fingerprint density at radius 1 is 1.50 bits per heavy atom. The minimum absolute atomic E-state index is 0.118. The van der Waals surface area contributed by atoms with E-state index in [4.69, 9.17) is 4.42 Å². The fourth-order valence-electron chi connectivity index (χ4n) is 1.01. The predicted molar refractivity (Wildman–Crippen MR) is 45.6 cm³/mol. The molecular formula is C8H8N4O2. The van der Waals surface area contributed by atoms with Gasteiger partial charge in [-0.25, -0.2) is 4.98 Å². The Balaban J connectivity index is 2.14. The molecule has 0 aliphatic heterocycles. The Bertz CT molecular complexity index is 432. The lowest BCUT2D eigenvalue weighted by molar-refractivity contribution is 0.0980. The van der Waals surface area contributed by atoms with Crippen molar-refractivity contribution < 1.29 is 9.21 Å².